The summed E-state index contributed by atoms with van der Waals surface area (Å²) >= 11 is 0. The highest BCUT2D eigenvalue weighted by molar-refractivity contribution is 6.06. The highest BCUT2D eigenvalue weighted by Crippen LogP contribution is 2.37. The lowest BCUT2D eigenvalue weighted by molar-refractivity contribution is -0.137. The van der Waals surface area contributed by atoms with Crippen molar-refractivity contribution in [3.05, 3.63) is 84.2 Å². The van der Waals surface area contributed by atoms with E-state index < -0.39 is 17.6 Å². The average Bonchev–Trinajstić information content (AvgIpc) is 2.72. The molecule has 0 aliphatic heterocycles. The number of halogens is 3. The fraction of sp³-hybridized carbons (Fsp3) is 0.0455. The fourth-order valence-corrected chi connectivity index (χ4v) is 3.20. The van der Waals surface area contributed by atoms with Crippen molar-refractivity contribution < 1.29 is 18.0 Å². The van der Waals surface area contributed by atoms with E-state index in [0.29, 0.717) is 27.7 Å². The van der Waals surface area contributed by atoms with Crippen LogP contribution in [0.5, 0.6) is 0 Å². The first-order valence-electron chi connectivity index (χ1n) is 8.66. The molecule has 4 aromatic rings. The van der Waals surface area contributed by atoms with Crippen molar-refractivity contribution in [2.75, 3.05) is 0 Å². The molecule has 0 atom stereocenters. The van der Waals surface area contributed by atoms with E-state index >= 15 is 0 Å². The van der Waals surface area contributed by atoms with Crippen molar-refractivity contribution >= 4 is 16.8 Å². The number of rotatable bonds is 3. The molecular formula is C22H14F3N3O. The Labute approximate surface area is 163 Å². The maximum atomic E-state index is 13.2. The molecule has 2 aromatic carbocycles. The molecule has 0 spiro atoms. The van der Waals surface area contributed by atoms with Crippen LogP contribution >= 0.6 is 0 Å². The number of carbonyl (C=O) groups excluding carboxylic acids is 1. The summed E-state index contributed by atoms with van der Waals surface area (Å²) in [5, 5.41) is 0.649. The van der Waals surface area contributed by atoms with Crippen LogP contribution in [0.1, 0.15) is 15.9 Å². The van der Waals surface area contributed by atoms with Gasteiger partial charge in [0, 0.05) is 34.5 Å². The van der Waals surface area contributed by atoms with Crippen LogP contribution < -0.4 is 5.73 Å². The van der Waals surface area contributed by atoms with E-state index in [0.717, 1.165) is 12.1 Å². The van der Waals surface area contributed by atoms with Gasteiger partial charge in [0.1, 0.15) is 0 Å². The minimum absolute atomic E-state index is 0.202. The van der Waals surface area contributed by atoms with E-state index in [-0.39, 0.29) is 11.1 Å². The number of alkyl halides is 3. The van der Waals surface area contributed by atoms with Gasteiger partial charge in [0.25, 0.3) is 5.91 Å². The second-order valence-electron chi connectivity index (χ2n) is 6.45. The molecule has 29 heavy (non-hydrogen) atoms. The van der Waals surface area contributed by atoms with Crippen LogP contribution in [0.15, 0.2) is 73.1 Å². The van der Waals surface area contributed by atoms with Gasteiger partial charge >= 0.3 is 6.18 Å². The van der Waals surface area contributed by atoms with Gasteiger partial charge in [0.2, 0.25) is 0 Å². The number of carbonyl (C=O) groups is 1. The second-order valence-corrected chi connectivity index (χ2v) is 6.45. The monoisotopic (exact) mass is 393 g/mol. The topological polar surface area (TPSA) is 68.9 Å². The van der Waals surface area contributed by atoms with E-state index in [1.54, 1.807) is 48.8 Å². The van der Waals surface area contributed by atoms with Crippen LogP contribution in [0.4, 0.5) is 13.2 Å². The van der Waals surface area contributed by atoms with Gasteiger partial charge in [0.15, 0.2) is 0 Å². The van der Waals surface area contributed by atoms with Gasteiger partial charge in [-0.1, -0.05) is 30.3 Å². The molecule has 2 aromatic heterocycles. The van der Waals surface area contributed by atoms with Crippen LogP contribution in [0.25, 0.3) is 33.3 Å². The van der Waals surface area contributed by atoms with E-state index in [1.165, 1.54) is 12.1 Å². The van der Waals surface area contributed by atoms with E-state index in [2.05, 4.69) is 9.97 Å². The van der Waals surface area contributed by atoms with Gasteiger partial charge in [-0.05, 0) is 30.3 Å². The number of amides is 1. The van der Waals surface area contributed by atoms with E-state index in [1.807, 2.05) is 0 Å². The number of aromatic nitrogens is 2. The first-order valence-corrected chi connectivity index (χ1v) is 8.66. The first kappa shape index (κ1) is 18.6. The molecule has 7 heteroatoms. The maximum Gasteiger partial charge on any atom is 0.416 e. The molecule has 4 rings (SSSR count). The summed E-state index contributed by atoms with van der Waals surface area (Å²) < 4.78 is 39.7. The summed E-state index contributed by atoms with van der Waals surface area (Å²) in [7, 11) is 0. The molecule has 144 valence electrons. The van der Waals surface area contributed by atoms with Crippen molar-refractivity contribution in [3.8, 4) is 22.4 Å². The summed E-state index contributed by atoms with van der Waals surface area (Å²) in [6, 6.07) is 15.2. The Morgan fingerprint density at radius 2 is 1.69 bits per heavy atom. The highest BCUT2D eigenvalue weighted by Gasteiger charge is 2.30. The van der Waals surface area contributed by atoms with Crippen LogP contribution in [-0.4, -0.2) is 15.9 Å². The summed E-state index contributed by atoms with van der Waals surface area (Å²) in [4.78, 5) is 20.5. The maximum absolute atomic E-state index is 13.2. The molecule has 0 fully saturated rings. The van der Waals surface area contributed by atoms with Gasteiger partial charge in [0.05, 0.1) is 22.3 Å². The Balaban J connectivity index is 2.05. The highest BCUT2D eigenvalue weighted by atomic mass is 19.4. The fourth-order valence-electron chi connectivity index (χ4n) is 3.20. The Kier molecular flexibility index (Phi) is 4.50. The average molecular weight is 393 g/mol. The number of para-hydroxylation sites is 1. The molecule has 0 bridgehead atoms. The predicted molar refractivity (Wildman–Crippen MR) is 104 cm³/mol. The summed E-state index contributed by atoms with van der Waals surface area (Å²) in [5.74, 6) is -0.660. The van der Waals surface area contributed by atoms with Gasteiger partial charge in [-0.25, -0.2) is 4.98 Å². The number of hydrogen-bond acceptors (Lipinski definition) is 3. The van der Waals surface area contributed by atoms with Gasteiger partial charge in [-0.15, -0.1) is 0 Å². The molecule has 0 radical (unpaired) electrons. The lowest BCUT2D eigenvalue weighted by Crippen LogP contribution is -2.12. The standard InChI is InChI=1S/C22H14F3N3O/c23-22(24,25)16-7-1-4-13(10-16)20-18(15-6-3-9-27-12-15)11-14-5-2-8-17(21(26)29)19(14)28-20/h1-12H,(H2,26,29). The zero-order valence-electron chi connectivity index (χ0n) is 14.9. The lowest BCUT2D eigenvalue weighted by atomic mass is 9.96. The van der Waals surface area contributed by atoms with Crippen LogP contribution in [-0.2, 0) is 6.18 Å². The van der Waals surface area contributed by atoms with Crippen molar-refractivity contribution in [3.63, 3.8) is 0 Å². The minimum atomic E-state index is -4.49. The third kappa shape index (κ3) is 3.54. The normalized spacial score (nSPS) is 11.6. The summed E-state index contributed by atoms with van der Waals surface area (Å²) in [6.07, 6.45) is -1.27. The largest absolute Gasteiger partial charge is 0.416 e. The SMILES string of the molecule is NC(=O)c1cccc2cc(-c3cccnc3)c(-c3cccc(C(F)(F)F)c3)nc12. The Morgan fingerprint density at radius 1 is 0.931 bits per heavy atom. The smallest absolute Gasteiger partial charge is 0.366 e. The van der Waals surface area contributed by atoms with Crippen LogP contribution in [0, 0.1) is 0 Å². The number of nitrogens with zero attached hydrogens (tertiary/aromatic N) is 2. The second kappa shape index (κ2) is 7.01. The number of pyridine rings is 2. The molecule has 2 N–H and O–H groups in total. The zero-order valence-corrected chi connectivity index (χ0v) is 14.9. The predicted octanol–water partition coefficient (Wildman–Crippen LogP) is 5.08. The number of benzene rings is 2. The van der Waals surface area contributed by atoms with E-state index in [4.69, 9.17) is 5.73 Å². The molecule has 4 nitrogen and oxygen atoms in total. The Hall–Kier alpha value is -3.74. The quantitative estimate of drug-likeness (QED) is 0.528. The van der Waals surface area contributed by atoms with Crippen molar-refractivity contribution in [1.29, 1.82) is 0 Å². The van der Waals surface area contributed by atoms with Crippen molar-refractivity contribution in [1.82, 2.24) is 9.97 Å². The van der Waals surface area contributed by atoms with Crippen LogP contribution in [0.2, 0.25) is 0 Å². The molecule has 0 saturated heterocycles. The lowest BCUT2D eigenvalue weighted by Gasteiger charge is -2.14. The molecule has 0 aliphatic carbocycles. The summed E-state index contributed by atoms with van der Waals surface area (Å²) in [6.45, 7) is 0. The third-order valence-electron chi connectivity index (χ3n) is 4.55. The third-order valence-corrected chi connectivity index (χ3v) is 4.55. The van der Waals surface area contributed by atoms with Gasteiger partial charge in [-0.2, -0.15) is 13.2 Å². The van der Waals surface area contributed by atoms with E-state index in [9.17, 15) is 18.0 Å². The molecule has 2 heterocycles. The number of nitrogens with two attached hydrogens (primary N) is 1. The molecule has 1 amide bonds. The minimum Gasteiger partial charge on any atom is -0.366 e. The Morgan fingerprint density at radius 3 is 2.38 bits per heavy atom. The van der Waals surface area contributed by atoms with Gasteiger partial charge in [-0.3, -0.25) is 9.78 Å². The number of primary amides is 1. The number of hydrogen-bond donors (Lipinski definition) is 1. The summed E-state index contributed by atoms with van der Waals surface area (Å²) in [5.41, 5.74) is 7.10. The zero-order chi connectivity index (χ0) is 20.6. The number of fused-ring (bicyclic) bond motifs is 1. The Bertz CT molecular complexity index is 1220. The first-order chi connectivity index (χ1) is 13.8. The molecule has 0 unspecified atom stereocenters. The van der Waals surface area contributed by atoms with Crippen molar-refractivity contribution in [2.45, 2.75) is 6.18 Å². The molecular weight excluding hydrogens is 379 g/mol. The molecule has 0 saturated carbocycles. The van der Waals surface area contributed by atoms with Crippen LogP contribution in [0.3, 0.4) is 0 Å². The van der Waals surface area contributed by atoms with Crippen molar-refractivity contribution in [2.24, 2.45) is 5.73 Å². The molecule has 0 aliphatic rings. The van der Waals surface area contributed by atoms with Gasteiger partial charge < -0.3 is 5.73 Å².